The zero-order chi connectivity index (χ0) is 23.4. The van der Waals surface area contributed by atoms with E-state index in [9.17, 15) is 19.5 Å². The van der Waals surface area contributed by atoms with E-state index in [0.717, 1.165) is 38.6 Å². The molecule has 1 aliphatic carbocycles. The number of aliphatic carboxylic acids is 1. The highest BCUT2D eigenvalue weighted by molar-refractivity contribution is 8.01. The highest BCUT2D eigenvalue weighted by Gasteiger charge is 2.35. The molecule has 3 aromatic rings. The number of thioether (sulfide) groups is 1. The molecular weight excluding hydrogens is 458 g/mol. The summed E-state index contributed by atoms with van der Waals surface area (Å²) in [4.78, 5) is 41.0. The Kier molecular flexibility index (Phi) is 7.29. The molecule has 1 fully saturated rings. The number of benzene rings is 2. The summed E-state index contributed by atoms with van der Waals surface area (Å²) in [6.07, 6.45) is 2.85. The van der Waals surface area contributed by atoms with Gasteiger partial charge in [-0.2, -0.15) is 0 Å². The predicted octanol–water partition coefficient (Wildman–Crippen LogP) is 5.17. The Morgan fingerprint density at radius 1 is 1.03 bits per heavy atom. The van der Waals surface area contributed by atoms with E-state index >= 15 is 0 Å². The normalized spacial score (nSPS) is 18.1. The second-order valence-electron chi connectivity index (χ2n) is 8.19. The Labute approximate surface area is 200 Å². The third kappa shape index (κ3) is 5.91. The fourth-order valence-electron chi connectivity index (χ4n) is 3.98. The van der Waals surface area contributed by atoms with Crippen molar-refractivity contribution in [3.05, 3.63) is 48.0 Å². The number of carboxylic acids is 1. The van der Waals surface area contributed by atoms with Gasteiger partial charge in [0, 0.05) is 11.4 Å². The topological polar surface area (TPSA) is 108 Å². The van der Waals surface area contributed by atoms with Gasteiger partial charge in [-0.25, -0.2) is 4.98 Å². The fourth-order valence-corrected chi connectivity index (χ4v) is 5.89. The van der Waals surface area contributed by atoms with E-state index in [2.05, 4.69) is 15.6 Å². The lowest BCUT2D eigenvalue weighted by atomic mass is 9.78. The monoisotopic (exact) mass is 483 g/mol. The Morgan fingerprint density at radius 2 is 1.73 bits per heavy atom. The maximum Gasteiger partial charge on any atom is 0.307 e. The lowest BCUT2D eigenvalue weighted by molar-refractivity contribution is -0.147. The Hall–Kier alpha value is -2.91. The van der Waals surface area contributed by atoms with Gasteiger partial charge in [-0.1, -0.05) is 42.3 Å². The number of thiazole rings is 1. The smallest absolute Gasteiger partial charge is 0.307 e. The second kappa shape index (κ2) is 10.4. The minimum absolute atomic E-state index is 0.100. The van der Waals surface area contributed by atoms with Crippen LogP contribution in [0, 0.1) is 18.8 Å². The molecule has 3 N–H and O–H groups in total. The third-order valence-corrected chi connectivity index (χ3v) is 7.88. The van der Waals surface area contributed by atoms with Crippen molar-refractivity contribution < 1.29 is 19.5 Å². The van der Waals surface area contributed by atoms with Gasteiger partial charge in [0.25, 0.3) is 0 Å². The number of nitrogens with one attached hydrogen (secondary N) is 2. The van der Waals surface area contributed by atoms with Crippen molar-refractivity contribution in [2.75, 3.05) is 16.4 Å². The van der Waals surface area contributed by atoms with E-state index in [1.165, 1.54) is 23.1 Å². The van der Waals surface area contributed by atoms with Gasteiger partial charge >= 0.3 is 5.97 Å². The number of hydrogen-bond acceptors (Lipinski definition) is 6. The SMILES string of the molecule is Cc1ccc(NC(=O)CSc2nc3ccc(NC(=O)[C@H]4CCCC[C@@H]4C(=O)O)cc3s2)cc1. The van der Waals surface area contributed by atoms with Crippen molar-refractivity contribution in [2.45, 2.75) is 36.9 Å². The first-order valence-corrected chi connectivity index (χ1v) is 12.6. The average Bonchev–Trinajstić information content (AvgIpc) is 3.21. The molecule has 4 rings (SSSR count). The molecule has 0 bridgehead atoms. The molecule has 2 aromatic carbocycles. The van der Waals surface area contributed by atoms with Crippen LogP contribution < -0.4 is 10.6 Å². The highest BCUT2D eigenvalue weighted by Crippen LogP contribution is 2.33. The highest BCUT2D eigenvalue weighted by atomic mass is 32.2. The minimum Gasteiger partial charge on any atom is -0.481 e. The van der Waals surface area contributed by atoms with Gasteiger partial charge in [0.05, 0.1) is 27.8 Å². The summed E-state index contributed by atoms with van der Waals surface area (Å²) in [6.45, 7) is 1.99. The van der Waals surface area contributed by atoms with Crippen molar-refractivity contribution in [2.24, 2.45) is 11.8 Å². The van der Waals surface area contributed by atoms with E-state index in [1.807, 2.05) is 43.3 Å². The van der Waals surface area contributed by atoms with Crippen LogP contribution in [0.4, 0.5) is 11.4 Å². The molecular formula is C24H25N3O4S2. The molecule has 9 heteroatoms. The van der Waals surface area contributed by atoms with Crippen LogP contribution in [0.25, 0.3) is 10.2 Å². The number of hydrogen-bond donors (Lipinski definition) is 3. The summed E-state index contributed by atoms with van der Waals surface area (Å²) >= 11 is 2.82. The molecule has 1 aromatic heterocycles. The lowest BCUT2D eigenvalue weighted by Gasteiger charge is -2.27. The molecule has 0 saturated heterocycles. The van der Waals surface area contributed by atoms with Gasteiger partial charge < -0.3 is 15.7 Å². The van der Waals surface area contributed by atoms with Crippen LogP contribution in [0.5, 0.6) is 0 Å². The maximum atomic E-state index is 12.7. The number of amides is 2. The molecule has 0 spiro atoms. The van der Waals surface area contributed by atoms with Gasteiger partial charge in [-0.05, 0) is 50.1 Å². The number of carbonyl (C=O) groups excluding carboxylic acids is 2. The van der Waals surface area contributed by atoms with E-state index in [1.54, 1.807) is 6.07 Å². The number of nitrogens with zero attached hydrogens (tertiary/aromatic N) is 1. The quantitative estimate of drug-likeness (QED) is 0.400. The molecule has 0 aliphatic heterocycles. The molecule has 1 heterocycles. The van der Waals surface area contributed by atoms with E-state index in [4.69, 9.17) is 0 Å². The number of carbonyl (C=O) groups is 3. The van der Waals surface area contributed by atoms with E-state index in [0.29, 0.717) is 18.5 Å². The maximum absolute atomic E-state index is 12.7. The zero-order valence-corrected chi connectivity index (χ0v) is 19.8. The van der Waals surface area contributed by atoms with E-state index < -0.39 is 17.8 Å². The number of fused-ring (bicyclic) bond motifs is 1. The number of anilines is 2. The number of aromatic nitrogens is 1. The summed E-state index contributed by atoms with van der Waals surface area (Å²) in [5.74, 6) is -2.13. The fraction of sp³-hybridized carbons (Fsp3) is 0.333. The van der Waals surface area contributed by atoms with Crippen LogP contribution >= 0.6 is 23.1 Å². The van der Waals surface area contributed by atoms with Crippen molar-refractivity contribution >= 4 is 62.5 Å². The Bertz CT molecular complexity index is 1180. The molecule has 33 heavy (non-hydrogen) atoms. The Balaban J connectivity index is 1.36. The molecule has 2 amide bonds. The molecule has 2 atom stereocenters. The molecule has 1 saturated carbocycles. The van der Waals surface area contributed by atoms with Gasteiger partial charge in [0.1, 0.15) is 0 Å². The number of carboxylic acid groups (broad SMARTS) is 1. The van der Waals surface area contributed by atoms with Crippen molar-refractivity contribution in [1.29, 1.82) is 0 Å². The first-order valence-electron chi connectivity index (χ1n) is 10.8. The number of aryl methyl sites for hydroxylation is 1. The van der Waals surface area contributed by atoms with Crippen molar-refractivity contribution in [1.82, 2.24) is 4.98 Å². The van der Waals surface area contributed by atoms with Crippen LogP contribution in [0.2, 0.25) is 0 Å². The Morgan fingerprint density at radius 3 is 2.45 bits per heavy atom. The minimum atomic E-state index is -0.902. The molecule has 0 unspecified atom stereocenters. The van der Waals surface area contributed by atoms with Gasteiger partial charge in [0.15, 0.2) is 4.34 Å². The molecule has 0 radical (unpaired) electrons. The summed E-state index contributed by atoms with van der Waals surface area (Å²) in [7, 11) is 0. The van der Waals surface area contributed by atoms with E-state index in [-0.39, 0.29) is 17.6 Å². The summed E-state index contributed by atoms with van der Waals surface area (Å²) in [5, 5.41) is 15.2. The standard InChI is InChI=1S/C24H25N3O4S2/c1-14-6-8-15(9-7-14)25-21(28)13-32-24-27-19-11-10-16(12-20(19)33-24)26-22(29)17-4-2-3-5-18(17)23(30)31/h6-12,17-18H,2-5,13H2,1H3,(H,25,28)(H,26,29)(H,30,31)/t17-,18-/m0/s1. The summed E-state index contributed by atoms with van der Waals surface area (Å²) < 4.78 is 1.67. The summed E-state index contributed by atoms with van der Waals surface area (Å²) in [6, 6.07) is 13.1. The first-order chi connectivity index (χ1) is 15.9. The molecule has 7 nitrogen and oxygen atoms in total. The van der Waals surface area contributed by atoms with Crippen LogP contribution in [-0.4, -0.2) is 33.6 Å². The third-order valence-electron chi connectivity index (χ3n) is 5.72. The van der Waals surface area contributed by atoms with Gasteiger partial charge in [-0.15, -0.1) is 11.3 Å². The van der Waals surface area contributed by atoms with Crippen LogP contribution in [0.1, 0.15) is 31.2 Å². The van der Waals surface area contributed by atoms with Gasteiger partial charge in [0.2, 0.25) is 11.8 Å². The largest absolute Gasteiger partial charge is 0.481 e. The average molecular weight is 484 g/mol. The summed E-state index contributed by atoms with van der Waals surface area (Å²) in [5.41, 5.74) is 3.31. The molecule has 1 aliphatic rings. The molecule has 172 valence electrons. The number of rotatable bonds is 7. The lowest BCUT2D eigenvalue weighted by Crippen LogP contribution is -2.36. The van der Waals surface area contributed by atoms with Crippen LogP contribution in [0.15, 0.2) is 46.8 Å². The van der Waals surface area contributed by atoms with Crippen molar-refractivity contribution in [3.63, 3.8) is 0 Å². The van der Waals surface area contributed by atoms with Crippen LogP contribution in [0.3, 0.4) is 0 Å². The van der Waals surface area contributed by atoms with Crippen LogP contribution in [-0.2, 0) is 14.4 Å². The predicted molar refractivity (Wildman–Crippen MR) is 132 cm³/mol. The first kappa shape index (κ1) is 23.3. The van der Waals surface area contributed by atoms with Crippen molar-refractivity contribution in [3.8, 4) is 0 Å². The zero-order valence-electron chi connectivity index (χ0n) is 18.2. The second-order valence-corrected chi connectivity index (χ2v) is 10.4. The van der Waals surface area contributed by atoms with Gasteiger partial charge in [-0.3, -0.25) is 14.4 Å².